The van der Waals surface area contributed by atoms with Gasteiger partial charge in [-0.25, -0.2) is 0 Å². The van der Waals surface area contributed by atoms with Gasteiger partial charge in [-0.05, 0) is 89.9 Å². The van der Waals surface area contributed by atoms with Gasteiger partial charge in [-0.3, -0.25) is 4.79 Å². The average Bonchev–Trinajstić information content (AvgIpc) is 3.05. The Bertz CT molecular complexity index is 771. The summed E-state index contributed by atoms with van der Waals surface area (Å²) in [6.07, 6.45) is 11.4. The van der Waals surface area contributed by atoms with Crippen molar-refractivity contribution in [3.05, 3.63) is 46.5 Å². The number of hydrogen-bond donors (Lipinski definition) is 0. The molecule has 0 aliphatic heterocycles. The molecule has 2 aliphatic carbocycles. The molecule has 0 bridgehead atoms. The van der Waals surface area contributed by atoms with Gasteiger partial charge < -0.3 is 0 Å². The number of Topliss-reactive ketones (excluding diaryl/α,β-unsaturated/α-hetero) is 1. The predicted molar refractivity (Wildman–Crippen MR) is 124 cm³/mol. The average molecular weight is 395 g/mol. The molecule has 0 radical (unpaired) electrons. The van der Waals surface area contributed by atoms with Gasteiger partial charge in [-0.15, -0.1) is 0 Å². The van der Waals surface area contributed by atoms with Gasteiger partial charge in [0.25, 0.3) is 0 Å². The number of carbonyl (C=O) groups is 1. The van der Waals surface area contributed by atoms with Crippen LogP contribution in [0.1, 0.15) is 95.4 Å². The Kier molecular flexibility index (Phi) is 6.76. The number of fused-ring (bicyclic) bond motifs is 3. The van der Waals surface area contributed by atoms with E-state index in [1.807, 2.05) is 6.92 Å². The van der Waals surface area contributed by atoms with Crippen molar-refractivity contribution in [3.8, 4) is 0 Å². The highest BCUT2D eigenvalue weighted by Crippen LogP contribution is 2.61. The summed E-state index contributed by atoms with van der Waals surface area (Å²) >= 11 is 0. The Labute approximate surface area is 179 Å². The lowest BCUT2D eigenvalue weighted by molar-refractivity contribution is -0.118. The molecular weight excluding hydrogens is 352 g/mol. The Morgan fingerprint density at radius 3 is 2.55 bits per heavy atom. The first kappa shape index (κ1) is 22.3. The van der Waals surface area contributed by atoms with E-state index < -0.39 is 0 Å². The lowest BCUT2D eigenvalue weighted by atomic mass is 9.60. The highest BCUT2D eigenvalue weighted by Gasteiger charge is 2.50. The van der Waals surface area contributed by atoms with E-state index >= 15 is 0 Å². The minimum absolute atomic E-state index is 0.353. The zero-order chi connectivity index (χ0) is 21.3. The molecule has 0 N–H and O–H groups in total. The van der Waals surface area contributed by atoms with Gasteiger partial charge >= 0.3 is 0 Å². The molecule has 1 saturated carbocycles. The van der Waals surface area contributed by atoms with Crippen LogP contribution in [0.25, 0.3) is 0 Å². The summed E-state index contributed by atoms with van der Waals surface area (Å²) in [6, 6.07) is 4.64. The number of hydrogen-bond acceptors (Lipinski definition) is 1. The van der Waals surface area contributed by atoms with Crippen molar-refractivity contribution in [2.45, 2.75) is 92.9 Å². The van der Waals surface area contributed by atoms with Gasteiger partial charge in [0.1, 0.15) is 5.78 Å². The molecule has 0 saturated heterocycles. The standard InChI is InChI=1S/C28H42O/c1-8-23(29)17-22-11-12-25-24(21(22)6)15-16-28(7)26(13-14-27(25)28)20(5)10-9-19(4)18(2)3/h9-12,18-20,26-27H,8,13-17H2,1-7H3/b10-9+. The quantitative estimate of drug-likeness (QED) is 0.439. The SMILES string of the molecule is CCC(=O)Cc1ccc2c(c1C)CCC1(C)C2CCC1C(C)/C=C/C(C)C(C)C. The van der Waals surface area contributed by atoms with Crippen LogP contribution in [0.15, 0.2) is 24.3 Å². The fourth-order valence-electron chi connectivity index (χ4n) is 6.11. The monoisotopic (exact) mass is 394 g/mol. The third-order valence-corrected chi connectivity index (χ3v) is 8.63. The highest BCUT2D eigenvalue weighted by molar-refractivity contribution is 5.81. The van der Waals surface area contributed by atoms with E-state index in [9.17, 15) is 4.79 Å². The fourth-order valence-corrected chi connectivity index (χ4v) is 6.11. The van der Waals surface area contributed by atoms with E-state index in [-0.39, 0.29) is 0 Å². The third kappa shape index (κ3) is 4.25. The summed E-state index contributed by atoms with van der Waals surface area (Å²) in [6.45, 7) is 16.2. The van der Waals surface area contributed by atoms with E-state index in [0.717, 1.165) is 5.92 Å². The van der Waals surface area contributed by atoms with Crippen molar-refractivity contribution in [2.24, 2.45) is 29.1 Å². The predicted octanol–water partition coefficient (Wildman–Crippen LogP) is 7.45. The lowest BCUT2D eigenvalue weighted by Gasteiger charge is -2.44. The van der Waals surface area contributed by atoms with Crippen LogP contribution in [0.4, 0.5) is 0 Å². The Morgan fingerprint density at radius 1 is 1.17 bits per heavy atom. The first-order chi connectivity index (χ1) is 13.7. The van der Waals surface area contributed by atoms with Crippen molar-refractivity contribution in [1.82, 2.24) is 0 Å². The highest BCUT2D eigenvalue weighted by atomic mass is 16.1. The molecule has 29 heavy (non-hydrogen) atoms. The van der Waals surface area contributed by atoms with E-state index in [1.54, 1.807) is 11.1 Å². The molecule has 0 spiro atoms. The normalized spacial score (nSPS) is 28.4. The number of benzene rings is 1. The fraction of sp³-hybridized carbons (Fsp3) is 0.679. The molecule has 5 atom stereocenters. The largest absolute Gasteiger partial charge is 0.299 e. The topological polar surface area (TPSA) is 17.1 Å². The number of allylic oxidation sites excluding steroid dienone is 2. The van der Waals surface area contributed by atoms with E-state index in [4.69, 9.17) is 0 Å². The first-order valence-electron chi connectivity index (χ1n) is 12.0. The second kappa shape index (κ2) is 8.78. The number of ketones is 1. The summed E-state index contributed by atoms with van der Waals surface area (Å²) < 4.78 is 0. The molecular formula is C28H42O. The third-order valence-electron chi connectivity index (χ3n) is 8.63. The Hall–Kier alpha value is -1.37. The van der Waals surface area contributed by atoms with Gasteiger partial charge in [0.2, 0.25) is 0 Å². The van der Waals surface area contributed by atoms with Crippen LogP contribution in [-0.2, 0) is 17.6 Å². The molecule has 1 aromatic carbocycles. The van der Waals surface area contributed by atoms with Gasteiger partial charge in [-0.2, -0.15) is 0 Å². The Morgan fingerprint density at radius 2 is 1.90 bits per heavy atom. The van der Waals surface area contributed by atoms with Crippen LogP contribution in [0, 0.1) is 36.0 Å². The summed E-state index contributed by atoms with van der Waals surface area (Å²) in [5.74, 6) is 3.83. The summed E-state index contributed by atoms with van der Waals surface area (Å²) in [5.41, 5.74) is 6.22. The molecule has 1 nitrogen and oxygen atoms in total. The van der Waals surface area contributed by atoms with Crippen molar-refractivity contribution >= 4 is 5.78 Å². The number of carbonyl (C=O) groups excluding carboxylic acids is 1. The molecule has 0 aromatic heterocycles. The first-order valence-corrected chi connectivity index (χ1v) is 12.0. The van der Waals surface area contributed by atoms with Crippen molar-refractivity contribution < 1.29 is 4.79 Å². The molecule has 0 heterocycles. The molecule has 5 unspecified atom stereocenters. The maximum atomic E-state index is 12.0. The van der Waals surface area contributed by atoms with Crippen LogP contribution in [-0.4, -0.2) is 5.78 Å². The van der Waals surface area contributed by atoms with E-state index in [2.05, 4.69) is 65.8 Å². The second-order valence-corrected chi connectivity index (χ2v) is 10.6. The van der Waals surface area contributed by atoms with E-state index in [0.29, 0.717) is 47.7 Å². The molecule has 160 valence electrons. The molecule has 1 fully saturated rings. The molecule has 1 heteroatoms. The van der Waals surface area contributed by atoms with Crippen LogP contribution in [0.2, 0.25) is 0 Å². The van der Waals surface area contributed by atoms with Crippen molar-refractivity contribution in [1.29, 1.82) is 0 Å². The van der Waals surface area contributed by atoms with Crippen LogP contribution in [0.5, 0.6) is 0 Å². The van der Waals surface area contributed by atoms with Gasteiger partial charge in [0, 0.05) is 12.8 Å². The molecule has 2 aliphatic rings. The second-order valence-electron chi connectivity index (χ2n) is 10.6. The molecule has 1 aromatic rings. The molecule has 0 amide bonds. The minimum Gasteiger partial charge on any atom is -0.299 e. The van der Waals surface area contributed by atoms with Gasteiger partial charge in [-0.1, -0.05) is 65.8 Å². The van der Waals surface area contributed by atoms with Crippen LogP contribution < -0.4 is 0 Å². The maximum absolute atomic E-state index is 12.0. The Balaban J connectivity index is 1.83. The van der Waals surface area contributed by atoms with Gasteiger partial charge in [0.05, 0.1) is 0 Å². The van der Waals surface area contributed by atoms with Crippen molar-refractivity contribution in [3.63, 3.8) is 0 Å². The smallest absolute Gasteiger partial charge is 0.137 e. The number of rotatable bonds is 7. The van der Waals surface area contributed by atoms with Crippen LogP contribution in [0.3, 0.4) is 0 Å². The summed E-state index contributed by atoms with van der Waals surface area (Å²) in [7, 11) is 0. The maximum Gasteiger partial charge on any atom is 0.137 e. The summed E-state index contributed by atoms with van der Waals surface area (Å²) in [5, 5.41) is 0. The zero-order valence-corrected chi connectivity index (χ0v) is 19.8. The van der Waals surface area contributed by atoms with Crippen molar-refractivity contribution in [2.75, 3.05) is 0 Å². The van der Waals surface area contributed by atoms with Gasteiger partial charge in [0.15, 0.2) is 0 Å². The lowest BCUT2D eigenvalue weighted by Crippen LogP contribution is -2.35. The minimum atomic E-state index is 0.353. The van der Waals surface area contributed by atoms with Crippen LogP contribution >= 0.6 is 0 Å². The summed E-state index contributed by atoms with van der Waals surface area (Å²) in [4.78, 5) is 12.0. The zero-order valence-electron chi connectivity index (χ0n) is 19.8. The van der Waals surface area contributed by atoms with E-state index in [1.165, 1.54) is 36.8 Å². The molecule has 3 rings (SSSR count).